The Hall–Kier alpha value is -3.71. The van der Waals surface area contributed by atoms with E-state index in [4.69, 9.17) is 19.7 Å². The molecule has 4 heterocycles. The van der Waals surface area contributed by atoms with Gasteiger partial charge in [-0.15, -0.1) is 0 Å². The molecule has 7 nitrogen and oxygen atoms in total. The van der Waals surface area contributed by atoms with Gasteiger partial charge in [0.1, 0.15) is 11.6 Å². The molecular formula is C30H33N5O2. The normalized spacial score (nSPS) is 16.7. The Bertz CT molecular complexity index is 1380. The summed E-state index contributed by atoms with van der Waals surface area (Å²) in [7, 11) is 1.69. The van der Waals surface area contributed by atoms with E-state index < -0.39 is 0 Å². The van der Waals surface area contributed by atoms with Crippen LogP contribution >= 0.6 is 0 Å². The highest BCUT2D eigenvalue weighted by molar-refractivity contribution is 5.80. The van der Waals surface area contributed by atoms with Crippen LogP contribution in [-0.4, -0.2) is 60.0 Å². The fourth-order valence-electron chi connectivity index (χ4n) is 5.45. The SMILES string of the molecule is COc1cccc(-c2cnc(N3CCC(CO)CC3)nc2CC2CN(c3ccc4ccccc4n3)C2)c1. The van der Waals surface area contributed by atoms with Gasteiger partial charge < -0.3 is 19.6 Å². The summed E-state index contributed by atoms with van der Waals surface area (Å²) in [6, 6.07) is 20.7. The third-order valence-corrected chi connectivity index (χ3v) is 7.74. The predicted molar refractivity (Wildman–Crippen MR) is 147 cm³/mol. The molecule has 0 atom stereocenters. The van der Waals surface area contributed by atoms with Gasteiger partial charge in [-0.3, -0.25) is 0 Å². The minimum atomic E-state index is 0.263. The Labute approximate surface area is 217 Å². The van der Waals surface area contributed by atoms with Crippen LogP contribution in [0.15, 0.2) is 66.9 Å². The molecular weight excluding hydrogens is 462 g/mol. The number of para-hydroxylation sites is 1. The summed E-state index contributed by atoms with van der Waals surface area (Å²) < 4.78 is 5.48. The Balaban J connectivity index is 1.23. The maximum absolute atomic E-state index is 9.52. The molecule has 2 fully saturated rings. The van der Waals surface area contributed by atoms with Crippen molar-refractivity contribution in [3.63, 3.8) is 0 Å². The van der Waals surface area contributed by atoms with E-state index in [2.05, 4.69) is 46.2 Å². The molecule has 6 rings (SSSR count). The highest BCUT2D eigenvalue weighted by Gasteiger charge is 2.30. The molecule has 4 aromatic rings. The van der Waals surface area contributed by atoms with Crippen LogP contribution in [0.5, 0.6) is 5.75 Å². The highest BCUT2D eigenvalue weighted by atomic mass is 16.5. The van der Waals surface area contributed by atoms with Crippen molar-refractivity contribution < 1.29 is 9.84 Å². The Morgan fingerprint density at radius 3 is 2.57 bits per heavy atom. The summed E-state index contributed by atoms with van der Waals surface area (Å²) in [4.78, 5) is 19.4. The fourth-order valence-corrected chi connectivity index (χ4v) is 5.45. The number of hydrogen-bond donors (Lipinski definition) is 1. The Kier molecular flexibility index (Phi) is 6.62. The van der Waals surface area contributed by atoms with E-state index in [-0.39, 0.29) is 6.61 Å². The second-order valence-corrected chi connectivity index (χ2v) is 10.2. The smallest absolute Gasteiger partial charge is 0.225 e. The van der Waals surface area contributed by atoms with Gasteiger partial charge in [-0.25, -0.2) is 15.0 Å². The molecule has 0 radical (unpaired) electrons. The molecule has 37 heavy (non-hydrogen) atoms. The zero-order valence-electron chi connectivity index (χ0n) is 21.3. The molecule has 1 N–H and O–H groups in total. The second kappa shape index (κ2) is 10.3. The van der Waals surface area contributed by atoms with Crippen LogP contribution in [0.3, 0.4) is 0 Å². The number of ether oxygens (including phenoxy) is 1. The van der Waals surface area contributed by atoms with Crippen molar-refractivity contribution in [1.29, 1.82) is 0 Å². The van der Waals surface area contributed by atoms with Gasteiger partial charge in [-0.2, -0.15) is 0 Å². The molecule has 190 valence electrons. The molecule has 0 spiro atoms. The van der Waals surface area contributed by atoms with E-state index in [0.717, 1.165) is 85.3 Å². The highest BCUT2D eigenvalue weighted by Crippen LogP contribution is 2.32. The monoisotopic (exact) mass is 495 g/mol. The number of nitrogens with zero attached hydrogens (tertiary/aromatic N) is 5. The number of aromatic nitrogens is 3. The van der Waals surface area contributed by atoms with Crippen LogP contribution in [0.2, 0.25) is 0 Å². The van der Waals surface area contributed by atoms with Gasteiger partial charge in [0.2, 0.25) is 5.95 Å². The molecule has 2 aliphatic heterocycles. The number of methoxy groups -OCH3 is 1. The third-order valence-electron chi connectivity index (χ3n) is 7.74. The quantitative estimate of drug-likeness (QED) is 0.402. The zero-order valence-corrected chi connectivity index (χ0v) is 21.3. The molecule has 2 aromatic heterocycles. The van der Waals surface area contributed by atoms with Gasteiger partial charge >= 0.3 is 0 Å². The fraction of sp³-hybridized carbons (Fsp3) is 0.367. The largest absolute Gasteiger partial charge is 0.497 e. The summed E-state index contributed by atoms with van der Waals surface area (Å²) in [6.07, 6.45) is 4.82. The van der Waals surface area contributed by atoms with Crippen LogP contribution in [0, 0.1) is 11.8 Å². The van der Waals surface area contributed by atoms with Gasteiger partial charge in [-0.05, 0) is 67.0 Å². The number of piperidine rings is 1. The second-order valence-electron chi connectivity index (χ2n) is 10.2. The van der Waals surface area contributed by atoms with Crippen molar-refractivity contribution in [2.45, 2.75) is 19.3 Å². The van der Waals surface area contributed by atoms with Crippen molar-refractivity contribution in [3.8, 4) is 16.9 Å². The minimum Gasteiger partial charge on any atom is -0.497 e. The van der Waals surface area contributed by atoms with Gasteiger partial charge in [0.15, 0.2) is 0 Å². The number of aliphatic hydroxyl groups is 1. The minimum absolute atomic E-state index is 0.263. The number of pyridine rings is 1. The summed E-state index contributed by atoms with van der Waals surface area (Å²) in [5.41, 5.74) is 4.26. The van der Waals surface area contributed by atoms with Gasteiger partial charge in [-0.1, -0.05) is 30.3 Å². The lowest BCUT2D eigenvalue weighted by Crippen LogP contribution is -2.48. The van der Waals surface area contributed by atoms with E-state index >= 15 is 0 Å². The van der Waals surface area contributed by atoms with Crippen molar-refractivity contribution in [2.75, 3.05) is 49.7 Å². The van der Waals surface area contributed by atoms with E-state index in [1.165, 1.54) is 5.39 Å². The topological polar surface area (TPSA) is 74.6 Å². The van der Waals surface area contributed by atoms with Crippen LogP contribution in [0.25, 0.3) is 22.0 Å². The van der Waals surface area contributed by atoms with Crippen LogP contribution in [-0.2, 0) is 6.42 Å². The molecule has 0 saturated carbocycles. The summed E-state index contributed by atoms with van der Waals surface area (Å²) in [6.45, 7) is 3.95. The first-order valence-corrected chi connectivity index (χ1v) is 13.2. The van der Waals surface area contributed by atoms with Crippen LogP contribution in [0.4, 0.5) is 11.8 Å². The molecule has 2 aliphatic rings. The molecule has 0 unspecified atom stereocenters. The van der Waals surface area contributed by atoms with E-state index in [1.54, 1.807) is 7.11 Å². The van der Waals surface area contributed by atoms with Crippen molar-refractivity contribution in [3.05, 3.63) is 72.6 Å². The van der Waals surface area contributed by atoms with Crippen LogP contribution < -0.4 is 14.5 Å². The Morgan fingerprint density at radius 2 is 1.76 bits per heavy atom. The number of fused-ring (bicyclic) bond motifs is 1. The molecule has 2 saturated heterocycles. The first-order chi connectivity index (χ1) is 18.2. The van der Waals surface area contributed by atoms with Crippen molar-refractivity contribution in [2.24, 2.45) is 11.8 Å². The molecule has 2 aromatic carbocycles. The number of benzene rings is 2. The third kappa shape index (κ3) is 4.96. The standard InChI is InChI=1S/C30H33N5O2/c1-37-25-7-4-6-24(16-25)26-17-31-30(34-13-11-21(20-36)12-14-34)33-28(26)15-22-18-35(19-22)29-10-9-23-5-2-3-8-27(23)32-29/h2-10,16-17,21-22,36H,11-15,18-20H2,1H3. The Morgan fingerprint density at radius 1 is 0.919 bits per heavy atom. The molecule has 0 amide bonds. The number of anilines is 2. The number of aliphatic hydroxyl groups excluding tert-OH is 1. The zero-order chi connectivity index (χ0) is 25.2. The maximum Gasteiger partial charge on any atom is 0.225 e. The lowest BCUT2D eigenvalue weighted by molar-refractivity contribution is 0.202. The van der Waals surface area contributed by atoms with Gasteiger partial charge in [0, 0.05) is 49.9 Å². The van der Waals surface area contributed by atoms with Gasteiger partial charge in [0.25, 0.3) is 0 Å². The maximum atomic E-state index is 9.52. The number of rotatable bonds is 7. The molecule has 0 bridgehead atoms. The lowest BCUT2D eigenvalue weighted by Gasteiger charge is -2.40. The summed E-state index contributed by atoms with van der Waals surface area (Å²) in [5, 5.41) is 10.7. The lowest BCUT2D eigenvalue weighted by atomic mass is 9.91. The summed E-state index contributed by atoms with van der Waals surface area (Å²) in [5.74, 6) is 3.55. The molecule has 7 heteroatoms. The first-order valence-electron chi connectivity index (χ1n) is 13.2. The van der Waals surface area contributed by atoms with Crippen LogP contribution in [0.1, 0.15) is 18.5 Å². The number of hydrogen-bond acceptors (Lipinski definition) is 7. The average Bonchev–Trinajstić information content (AvgIpc) is 2.94. The van der Waals surface area contributed by atoms with E-state index in [1.807, 2.05) is 30.5 Å². The van der Waals surface area contributed by atoms with Gasteiger partial charge in [0.05, 0.1) is 18.3 Å². The van der Waals surface area contributed by atoms with E-state index in [9.17, 15) is 5.11 Å². The average molecular weight is 496 g/mol. The summed E-state index contributed by atoms with van der Waals surface area (Å²) >= 11 is 0. The predicted octanol–water partition coefficient (Wildman–Crippen LogP) is 4.59. The van der Waals surface area contributed by atoms with Crippen molar-refractivity contribution in [1.82, 2.24) is 15.0 Å². The van der Waals surface area contributed by atoms with Crippen molar-refractivity contribution >= 4 is 22.7 Å². The van der Waals surface area contributed by atoms with E-state index in [0.29, 0.717) is 11.8 Å². The molecule has 0 aliphatic carbocycles. The first kappa shape index (κ1) is 23.7.